The summed E-state index contributed by atoms with van der Waals surface area (Å²) in [5, 5.41) is 18.4. The zero-order valence-electron chi connectivity index (χ0n) is 19.4. The minimum atomic E-state index is -0.583. The summed E-state index contributed by atoms with van der Waals surface area (Å²) in [6, 6.07) is 17.8. The van der Waals surface area contributed by atoms with Crippen molar-refractivity contribution in [3.8, 4) is 6.07 Å². The standard InChI is InChI=1S/C27H30N4O3/c1-19-15-22(18-28)8-10-25(19)30-11-13-31(14-12-30)27(33)23-9-7-21(17-24(23)26(32)29-34)16-20-5-3-2-4-6-20/h2-6,8,10,15-16,23-24,34H,7,9,11-14,17H2,1H3,(H,29,32)/b21-16+/t23-,24-/m0/s1. The maximum absolute atomic E-state index is 13.4. The molecule has 0 unspecified atom stereocenters. The molecular formula is C27H30N4O3. The minimum Gasteiger partial charge on any atom is -0.368 e. The first kappa shape index (κ1) is 23.5. The molecule has 1 heterocycles. The number of nitriles is 1. The topological polar surface area (TPSA) is 96.7 Å². The molecule has 2 atom stereocenters. The van der Waals surface area contributed by atoms with Crippen molar-refractivity contribution in [3.63, 3.8) is 0 Å². The fourth-order valence-electron chi connectivity index (χ4n) is 5.12. The zero-order chi connectivity index (χ0) is 24.1. The molecule has 7 nitrogen and oxygen atoms in total. The molecule has 1 saturated heterocycles. The van der Waals surface area contributed by atoms with E-state index in [4.69, 9.17) is 5.26 Å². The van der Waals surface area contributed by atoms with Gasteiger partial charge in [0.1, 0.15) is 0 Å². The van der Waals surface area contributed by atoms with Gasteiger partial charge in [-0.2, -0.15) is 5.26 Å². The van der Waals surface area contributed by atoms with Crippen molar-refractivity contribution < 1.29 is 14.8 Å². The SMILES string of the molecule is Cc1cc(C#N)ccc1N1CCN(C(=O)[C@H]2CC/C(=C\c3ccccc3)C[C@@H]2C(=O)NO)CC1. The van der Waals surface area contributed by atoms with Gasteiger partial charge in [0, 0.05) is 31.9 Å². The molecule has 34 heavy (non-hydrogen) atoms. The molecule has 1 saturated carbocycles. The molecule has 0 radical (unpaired) electrons. The second-order valence-electron chi connectivity index (χ2n) is 9.07. The van der Waals surface area contributed by atoms with Crippen molar-refractivity contribution in [1.82, 2.24) is 10.4 Å². The fourth-order valence-corrected chi connectivity index (χ4v) is 5.12. The molecule has 176 valence electrons. The van der Waals surface area contributed by atoms with Crippen LogP contribution in [0.5, 0.6) is 0 Å². The van der Waals surface area contributed by atoms with Crippen LogP contribution in [0.2, 0.25) is 0 Å². The molecule has 2 aliphatic rings. The number of anilines is 1. The summed E-state index contributed by atoms with van der Waals surface area (Å²) in [6.07, 6.45) is 3.88. The highest BCUT2D eigenvalue weighted by Gasteiger charge is 2.40. The van der Waals surface area contributed by atoms with E-state index in [-0.39, 0.29) is 5.91 Å². The van der Waals surface area contributed by atoms with Crippen LogP contribution in [0, 0.1) is 30.1 Å². The van der Waals surface area contributed by atoms with Gasteiger partial charge in [-0.05, 0) is 55.5 Å². The van der Waals surface area contributed by atoms with Crippen LogP contribution in [0.4, 0.5) is 5.69 Å². The third-order valence-corrected chi connectivity index (χ3v) is 6.94. The number of aryl methyl sites for hydroxylation is 1. The van der Waals surface area contributed by atoms with Gasteiger partial charge in [0.25, 0.3) is 0 Å². The van der Waals surface area contributed by atoms with Crippen LogP contribution in [0.1, 0.15) is 36.0 Å². The number of hydroxylamine groups is 1. The zero-order valence-corrected chi connectivity index (χ0v) is 19.4. The second kappa shape index (κ2) is 10.5. The van der Waals surface area contributed by atoms with Crippen molar-refractivity contribution in [2.45, 2.75) is 26.2 Å². The highest BCUT2D eigenvalue weighted by atomic mass is 16.5. The maximum atomic E-state index is 13.4. The van der Waals surface area contributed by atoms with Crippen molar-refractivity contribution >= 4 is 23.6 Å². The Morgan fingerprint density at radius 1 is 1.09 bits per heavy atom. The first-order valence-electron chi connectivity index (χ1n) is 11.7. The molecule has 2 aromatic rings. The van der Waals surface area contributed by atoms with Crippen LogP contribution < -0.4 is 10.4 Å². The summed E-state index contributed by atoms with van der Waals surface area (Å²) < 4.78 is 0. The van der Waals surface area contributed by atoms with Gasteiger partial charge in [-0.15, -0.1) is 0 Å². The minimum absolute atomic E-state index is 0.0106. The van der Waals surface area contributed by atoms with Crippen LogP contribution in [0.3, 0.4) is 0 Å². The summed E-state index contributed by atoms with van der Waals surface area (Å²) in [5.74, 6) is -1.53. The molecule has 7 heteroatoms. The second-order valence-corrected chi connectivity index (χ2v) is 9.07. The van der Waals surface area contributed by atoms with Crippen LogP contribution in [0.25, 0.3) is 6.08 Å². The molecule has 2 aromatic carbocycles. The number of hydrogen-bond acceptors (Lipinski definition) is 5. The Bertz CT molecular complexity index is 1110. The molecule has 1 aliphatic carbocycles. The average Bonchev–Trinajstić information content (AvgIpc) is 2.88. The van der Waals surface area contributed by atoms with Crippen molar-refractivity contribution in [2.75, 3.05) is 31.1 Å². The van der Waals surface area contributed by atoms with E-state index in [1.54, 1.807) is 5.48 Å². The van der Waals surface area contributed by atoms with E-state index in [1.165, 1.54) is 0 Å². The lowest BCUT2D eigenvalue weighted by molar-refractivity contribution is -0.146. The highest BCUT2D eigenvalue weighted by molar-refractivity contribution is 5.88. The van der Waals surface area contributed by atoms with E-state index in [0.29, 0.717) is 44.6 Å². The predicted octanol–water partition coefficient (Wildman–Crippen LogP) is 3.52. The number of benzene rings is 2. The third-order valence-electron chi connectivity index (χ3n) is 6.94. The first-order chi connectivity index (χ1) is 16.5. The summed E-state index contributed by atoms with van der Waals surface area (Å²) >= 11 is 0. The van der Waals surface area contributed by atoms with Gasteiger partial charge >= 0.3 is 0 Å². The van der Waals surface area contributed by atoms with Gasteiger partial charge < -0.3 is 9.80 Å². The smallest absolute Gasteiger partial charge is 0.247 e. The Morgan fingerprint density at radius 2 is 1.82 bits per heavy atom. The average molecular weight is 459 g/mol. The monoisotopic (exact) mass is 458 g/mol. The Hall–Kier alpha value is -3.63. The van der Waals surface area contributed by atoms with Crippen molar-refractivity contribution in [1.29, 1.82) is 5.26 Å². The molecular weight excluding hydrogens is 428 g/mol. The number of rotatable bonds is 4. The Labute approximate surface area is 200 Å². The number of amides is 2. The summed E-state index contributed by atoms with van der Waals surface area (Å²) in [7, 11) is 0. The highest BCUT2D eigenvalue weighted by Crippen LogP contribution is 2.36. The van der Waals surface area contributed by atoms with Crippen LogP contribution in [-0.4, -0.2) is 48.1 Å². The van der Waals surface area contributed by atoms with Gasteiger partial charge in [-0.25, -0.2) is 5.48 Å². The van der Waals surface area contributed by atoms with Crippen molar-refractivity contribution in [3.05, 3.63) is 70.8 Å². The molecule has 4 rings (SSSR count). The van der Waals surface area contributed by atoms with E-state index in [1.807, 2.05) is 60.4 Å². The Morgan fingerprint density at radius 3 is 2.47 bits per heavy atom. The summed E-state index contributed by atoms with van der Waals surface area (Å²) in [5.41, 5.74) is 6.73. The summed E-state index contributed by atoms with van der Waals surface area (Å²) in [6.45, 7) is 4.54. The van der Waals surface area contributed by atoms with E-state index in [0.717, 1.165) is 28.8 Å². The largest absolute Gasteiger partial charge is 0.368 e. The van der Waals surface area contributed by atoms with Gasteiger partial charge in [-0.3, -0.25) is 14.8 Å². The molecule has 2 amide bonds. The van der Waals surface area contributed by atoms with E-state index < -0.39 is 17.7 Å². The number of hydrogen-bond donors (Lipinski definition) is 2. The molecule has 0 aromatic heterocycles. The Kier molecular flexibility index (Phi) is 7.29. The number of allylic oxidation sites excluding steroid dienone is 1. The first-order valence-corrected chi connectivity index (χ1v) is 11.7. The fraction of sp³-hybridized carbons (Fsp3) is 0.370. The van der Waals surface area contributed by atoms with E-state index in [9.17, 15) is 14.8 Å². The number of piperazine rings is 1. The van der Waals surface area contributed by atoms with E-state index >= 15 is 0 Å². The molecule has 0 spiro atoms. The van der Waals surface area contributed by atoms with Gasteiger partial charge in [-0.1, -0.05) is 42.0 Å². The van der Waals surface area contributed by atoms with Crippen LogP contribution in [0.15, 0.2) is 54.1 Å². The van der Waals surface area contributed by atoms with E-state index in [2.05, 4.69) is 17.0 Å². The quantitative estimate of drug-likeness (QED) is 0.540. The molecule has 0 bridgehead atoms. The Balaban J connectivity index is 1.42. The molecule has 2 fully saturated rings. The number of nitrogens with one attached hydrogen (secondary N) is 1. The van der Waals surface area contributed by atoms with Crippen LogP contribution in [-0.2, 0) is 9.59 Å². The number of nitrogens with zero attached hydrogens (tertiary/aromatic N) is 3. The third kappa shape index (κ3) is 5.13. The number of carbonyl (C=O) groups excluding carboxylic acids is 2. The lowest BCUT2D eigenvalue weighted by Gasteiger charge is -2.40. The molecule has 2 N–H and O–H groups in total. The predicted molar refractivity (Wildman–Crippen MR) is 130 cm³/mol. The lowest BCUT2D eigenvalue weighted by atomic mass is 9.75. The maximum Gasteiger partial charge on any atom is 0.247 e. The molecule has 1 aliphatic heterocycles. The van der Waals surface area contributed by atoms with Crippen LogP contribution >= 0.6 is 0 Å². The van der Waals surface area contributed by atoms with Gasteiger partial charge in [0.05, 0.1) is 23.5 Å². The lowest BCUT2D eigenvalue weighted by Crippen LogP contribution is -2.53. The van der Waals surface area contributed by atoms with Gasteiger partial charge in [0.15, 0.2) is 0 Å². The normalized spacial score (nSPS) is 21.7. The summed E-state index contributed by atoms with van der Waals surface area (Å²) in [4.78, 5) is 30.0. The van der Waals surface area contributed by atoms with Crippen molar-refractivity contribution in [2.24, 2.45) is 11.8 Å². The number of carbonyl (C=O) groups is 2. The van der Waals surface area contributed by atoms with Gasteiger partial charge in [0.2, 0.25) is 11.8 Å².